The SMILES string of the molecule is Cl.N[C@@H]1CCCN(S(=O)(=O)c2c(F)c(F)cc(F)c2F)C1. The first kappa shape index (κ1) is 18.1. The van der Waals surface area contributed by atoms with Gasteiger partial charge in [-0.25, -0.2) is 26.0 Å². The van der Waals surface area contributed by atoms with Crippen molar-refractivity contribution in [3.8, 4) is 0 Å². The Morgan fingerprint density at radius 1 is 1.14 bits per heavy atom. The van der Waals surface area contributed by atoms with Crippen molar-refractivity contribution in [3.05, 3.63) is 29.3 Å². The van der Waals surface area contributed by atoms with Crippen molar-refractivity contribution in [2.24, 2.45) is 5.73 Å². The van der Waals surface area contributed by atoms with Crippen molar-refractivity contribution >= 4 is 22.4 Å². The van der Waals surface area contributed by atoms with Crippen LogP contribution in [0.2, 0.25) is 0 Å². The van der Waals surface area contributed by atoms with Crippen molar-refractivity contribution in [3.63, 3.8) is 0 Å². The van der Waals surface area contributed by atoms with E-state index in [1.165, 1.54) is 0 Å². The number of piperidine rings is 1. The van der Waals surface area contributed by atoms with Crippen molar-refractivity contribution < 1.29 is 26.0 Å². The zero-order chi connectivity index (χ0) is 15.1. The van der Waals surface area contributed by atoms with Crippen LogP contribution in [-0.4, -0.2) is 31.9 Å². The number of hydrogen-bond acceptors (Lipinski definition) is 3. The first-order valence-electron chi connectivity index (χ1n) is 5.84. The minimum Gasteiger partial charge on any atom is -0.327 e. The van der Waals surface area contributed by atoms with Gasteiger partial charge in [0, 0.05) is 25.2 Å². The van der Waals surface area contributed by atoms with E-state index in [2.05, 4.69) is 0 Å². The van der Waals surface area contributed by atoms with Crippen LogP contribution < -0.4 is 5.73 Å². The highest BCUT2D eigenvalue weighted by atomic mass is 35.5. The largest absolute Gasteiger partial charge is 0.327 e. The summed E-state index contributed by atoms with van der Waals surface area (Å²) in [6.07, 6.45) is 0.968. The lowest BCUT2D eigenvalue weighted by atomic mass is 10.1. The zero-order valence-electron chi connectivity index (χ0n) is 10.7. The third-order valence-corrected chi connectivity index (χ3v) is 4.98. The van der Waals surface area contributed by atoms with Crippen LogP contribution in [0.25, 0.3) is 0 Å². The van der Waals surface area contributed by atoms with Gasteiger partial charge in [0.25, 0.3) is 0 Å². The number of nitrogens with two attached hydrogens (primary N) is 1. The third kappa shape index (κ3) is 3.31. The van der Waals surface area contributed by atoms with Crippen molar-refractivity contribution in [2.45, 2.75) is 23.8 Å². The molecule has 0 radical (unpaired) electrons. The molecule has 0 spiro atoms. The maximum Gasteiger partial charge on any atom is 0.249 e. The quantitative estimate of drug-likeness (QED) is 0.654. The average Bonchev–Trinajstić information content (AvgIpc) is 2.36. The van der Waals surface area contributed by atoms with Crippen molar-refractivity contribution in [1.29, 1.82) is 0 Å². The minimum absolute atomic E-state index is 0. The molecule has 0 saturated carbocycles. The van der Waals surface area contributed by atoms with Crippen LogP contribution in [0, 0.1) is 23.3 Å². The van der Waals surface area contributed by atoms with Crippen LogP contribution in [0.4, 0.5) is 17.6 Å². The molecule has 2 rings (SSSR count). The van der Waals surface area contributed by atoms with Crippen LogP contribution in [0.3, 0.4) is 0 Å². The van der Waals surface area contributed by atoms with E-state index in [1.807, 2.05) is 0 Å². The van der Waals surface area contributed by atoms with Gasteiger partial charge in [-0.15, -0.1) is 12.4 Å². The third-order valence-electron chi connectivity index (χ3n) is 3.09. The van der Waals surface area contributed by atoms with Crippen LogP contribution >= 0.6 is 12.4 Å². The molecule has 0 amide bonds. The second kappa shape index (κ2) is 6.47. The molecule has 4 nitrogen and oxygen atoms in total. The summed E-state index contributed by atoms with van der Waals surface area (Å²) in [6.45, 7) is -0.160. The van der Waals surface area contributed by atoms with Gasteiger partial charge >= 0.3 is 0 Å². The second-order valence-electron chi connectivity index (χ2n) is 4.56. The van der Waals surface area contributed by atoms with E-state index in [-0.39, 0.29) is 31.6 Å². The fraction of sp³-hybridized carbons (Fsp3) is 0.455. The Morgan fingerprint density at radius 2 is 1.67 bits per heavy atom. The summed E-state index contributed by atoms with van der Waals surface area (Å²) in [4.78, 5) is -1.61. The number of nitrogens with zero attached hydrogens (tertiary/aromatic N) is 1. The van der Waals surface area contributed by atoms with Crippen molar-refractivity contribution in [1.82, 2.24) is 4.31 Å². The van der Waals surface area contributed by atoms with Crippen molar-refractivity contribution in [2.75, 3.05) is 13.1 Å². The molecule has 1 aliphatic rings. The smallest absolute Gasteiger partial charge is 0.249 e. The van der Waals surface area contributed by atoms with E-state index in [1.54, 1.807) is 0 Å². The van der Waals surface area contributed by atoms with E-state index in [0.717, 1.165) is 4.31 Å². The van der Waals surface area contributed by atoms with Gasteiger partial charge in [0.1, 0.15) is 0 Å². The fourth-order valence-corrected chi connectivity index (χ4v) is 3.76. The standard InChI is InChI=1S/C11H12F4N2O2S.ClH/c12-7-4-8(13)10(15)11(9(7)14)20(18,19)17-3-1-2-6(16)5-17;/h4,6H,1-3,5,16H2;1H/t6-;/m1./s1. The molecule has 0 bridgehead atoms. The first-order chi connectivity index (χ1) is 9.25. The van der Waals surface area contributed by atoms with Gasteiger partial charge in [-0.2, -0.15) is 4.31 Å². The summed E-state index contributed by atoms with van der Waals surface area (Å²) in [5, 5.41) is 0. The number of benzene rings is 1. The van der Waals surface area contributed by atoms with E-state index in [0.29, 0.717) is 12.8 Å². The predicted molar refractivity (Wildman–Crippen MR) is 69.5 cm³/mol. The molecule has 0 unspecified atom stereocenters. The van der Waals surface area contributed by atoms with Gasteiger partial charge in [0.15, 0.2) is 28.2 Å². The molecule has 0 aromatic heterocycles. The Hall–Kier alpha value is -0.900. The predicted octanol–water partition coefficient (Wildman–Crippen LogP) is 1.78. The highest BCUT2D eigenvalue weighted by Crippen LogP contribution is 2.28. The Bertz CT molecular complexity index is 615. The fourth-order valence-electron chi connectivity index (χ4n) is 2.10. The van der Waals surface area contributed by atoms with Crippen LogP contribution in [0.15, 0.2) is 11.0 Å². The lowest BCUT2D eigenvalue weighted by Crippen LogP contribution is -2.46. The van der Waals surface area contributed by atoms with Gasteiger partial charge in [0.05, 0.1) is 0 Å². The number of hydrogen-bond donors (Lipinski definition) is 1. The van der Waals surface area contributed by atoms with Gasteiger partial charge in [-0.05, 0) is 12.8 Å². The summed E-state index contributed by atoms with van der Waals surface area (Å²) in [5.74, 6) is -7.38. The van der Waals surface area contributed by atoms with Gasteiger partial charge in [-0.1, -0.05) is 0 Å². The summed E-state index contributed by atoms with van der Waals surface area (Å²) >= 11 is 0. The van der Waals surface area contributed by atoms with Crippen LogP contribution in [0.1, 0.15) is 12.8 Å². The average molecular weight is 349 g/mol. The summed E-state index contributed by atoms with van der Waals surface area (Å²) in [7, 11) is -4.68. The second-order valence-corrected chi connectivity index (χ2v) is 6.44. The van der Waals surface area contributed by atoms with E-state index in [4.69, 9.17) is 5.73 Å². The van der Waals surface area contributed by atoms with Crippen LogP contribution in [0.5, 0.6) is 0 Å². The maximum absolute atomic E-state index is 13.6. The summed E-state index contributed by atoms with van der Waals surface area (Å²) in [5.41, 5.74) is 5.59. The first-order valence-corrected chi connectivity index (χ1v) is 7.28. The molecule has 2 N–H and O–H groups in total. The molecule has 1 aromatic rings. The molecule has 1 aliphatic heterocycles. The number of rotatable bonds is 2. The molecule has 1 atom stereocenters. The number of sulfonamides is 1. The molecular formula is C11H13ClF4N2O2S. The van der Waals surface area contributed by atoms with E-state index >= 15 is 0 Å². The van der Waals surface area contributed by atoms with Gasteiger partial charge < -0.3 is 5.73 Å². The normalized spacial score (nSPS) is 20.1. The minimum atomic E-state index is -4.68. The summed E-state index contributed by atoms with van der Waals surface area (Å²) < 4.78 is 78.4. The monoisotopic (exact) mass is 348 g/mol. The Labute approximate surface area is 125 Å². The molecule has 1 heterocycles. The highest BCUT2D eigenvalue weighted by Gasteiger charge is 2.36. The molecular weight excluding hydrogens is 336 g/mol. The van der Waals surface area contributed by atoms with Gasteiger partial charge in [0.2, 0.25) is 10.0 Å². The molecule has 10 heteroatoms. The maximum atomic E-state index is 13.6. The van der Waals surface area contributed by atoms with E-state index < -0.39 is 44.2 Å². The summed E-state index contributed by atoms with van der Waals surface area (Å²) in [6, 6.07) is -0.519. The molecule has 1 fully saturated rings. The molecule has 1 saturated heterocycles. The Kier molecular flexibility index (Phi) is 5.59. The molecule has 0 aliphatic carbocycles. The Morgan fingerprint density at radius 3 is 2.14 bits per heavy atom. The molecule has 1 aromatic carbocycles. The van der Waals surface area contributed by atoms with E-state index in [9.17, 15) is 26.0 Å². The topological polar surface area (TPSA) is 63.4 Å². The molecule has 21 heavy (non-hydrogen) atoms. The highest BCUT2D eigenvalue weighted by molar-refractivity contribution is 7.89. The lowest BCUT2D eigenvalue weighted by molar-refractivity contribution is 0.311. The van der Waals surface area contributed by atoms with Gasteiger partial charge in [-0.3, -0.25) is 0 Å². The number of halogens is 5. The Balaban J connectivity index is 0.00000220. The zero-order valence-corrected chi connectivity index (χ0v) is 12.3. The lowest BCUT2D eigenvalue weighted by Gasteiger charge is -2.30. The molecule has 120 valence electrons. The van der Waals surface area contributed by atoms with Crippen LogP contribution in [-0.2, 0) is 10.0 Å².